The van der Waals surface area contributed by atoms with Gasteiger partial charge in [-0.1, -0.05) is 63.7 Å². The van der Waals surface area contributed by atoms with E-state index in [0.29, 0.717) is 6.42 Å². The maximum absolute atomic E-state index is 11.3. The number of nitrogens with one attached hydrogen (secondary N) is 1. The number of aliphatic hydroxyl groups excluding tert-OH is 1. The lowest BCUT2D eigenvalue weighted by atomic mass is 10.1. The lowest BCUT2D eigenvalue weighted by Gasteiger charge is -2.14. The Morgan fingerprint density at radius 2 is 1.88 bits per heavy atom. The minimum absolute atomic E-state index is 0.0578. The summed E-state index contributed by atoms with van der Waals surface area (Å²) in [4.78, 5) is 12.3. The van der Waals surface area contributed by atoms with Gasteiger partial charge in [0.2, 0.25) is 5.91 Å². The number of unbranched alkanes of at least 4 members (excludes halogenated alkanes) is 8. The smallest absolute Gasteiger partial charge is 0.217 e. The fourth-order valence-electron chi connectivity index (χ4n) is 2.77. The van der Waals surface area contributed by atoms with Crippen molar-refractivity contribution < 1.29 is 9.90 Å². The van der Waals surface area contributed by atoms with Crippen molar-refractivity contribution in [2.45, 2.75) is 84.1 Å². The average molecular weight is 364 g/mol. The molecule has 1 aromatic rings. The maximum Gasteiger partial charge on any atom is 0.217 e. The summed E-state index contributed by atoms with van der Waals surface area (Å²) in [5.74, 6) is 6.40. The highest BCUT2D eigenvalue weighted by Gasteiger charge is 2.14. The van der Waals surface area contributed by atoms with E-state index in [1.807, 2.05) is 11.4 Å². The van der Waals surface area contributed by atoms with E-state index in [2.05, 4.69) is 24.1 Å². The molecular weight excluding hydrogens is 330 g/mol. The molecule has 0 saturated heterocycles. The summed E-state index contributed by atoms with van der Waals surface area (Å²) < 4.78 is 0. The lowest BCUT2D eigenvalue weighted by molar-refractivity contribution is -0.119. The first kappa shape index (κ1) is 21.7. The van der Waals surface area contributed by atoms with Crippen molar-refractivity contribution in [1.29, 1.82) is 0 Å². The molecule has 140 valence electrons. The Morgan fingerprint density at radius 1 is 1.20 bits per heavy atom. The van der Waals surface area contributed by atoms with Gasteiger partial charge in [-0.25, -0.2) is 0 Å². The van der Waals surface area contributed by atoms with Crippen molar-refractivity contribution in [2.75, 3.05) is 6.61 Å². The highest BCUT2D eigenvalue weighted by atomic mass is 32.1. The SMILES string of the molecule is CCCCCCCCCCC#Cc1csc(C(CCO)NC(C)=O)c1. The number of amides is 1. The van der Waals surface area contributed by atoms with Crippen molar-refractivity contribution in [3.63, 3.8) is 0 Å². The van der Waals surface area contributed by atoms with E-state index in [1.165, 1.54) is 58.3 Å². The molecule has 1 amide bonds. The minimum atomic E-state index is -0.115. The molecule has 1 atom stereocenters. The molecule has 2 N–H and O–H groups in total. The van der Waals surface area contributed by atoms with Gasteiger partial charge in [-0.3, -0.25) is 4.79 Å². The van der Waals surface area contributed by atoms with Crippen LogP contribution in [0.25, 0.3) is 0 Å². The third-order valence-corrected chi connectivity index (χ3v) is 5.19. The summed E-state index contributed by atoms with van der Waals surface area (Å²) in [7, 11) is 0. The van der Waals surface area contributed by atoms with Gasteiger partial charge in [0, 0.05) is 35.8 Å². The van der Waals surface area contributed by atoms with Crippen molar-refractivity contribution in [3.8, 4) is 11.8 Å². The summed E-state index contributed by atoms with van der Waals surface area (Å²) in [6.07, 6.45) is 12.1. The number of aliphatic hydroxyl groups is 1. The van der Waals surface area contributed by atoms with Crippen LogP contribution in [-0.4, -0.2) is 17.6 Å². The van der Waals surface area contributed by atoms with Gasteiger partial charge in [-0.2, -0.15) is 0 Å². The van der Waals surface area contributed by atoms with Gasteiger partial charge in [0.05, 0.1) is 6.04 Å². The Labute approximate surface area is 157 Å². The molecule has 1 rings (SSSR count). The molecule has 4 heteroatoms. The van der Waals surface area contributed by atoms with E-state index in [1.54, 1.807) is 11.3 Å². The molecule has 3 nitrogen and oxygen atoms in total. The largest absolute Gasteiger partial charge is 0.396 e. The standard InChI is InChI=1S/C21H33NO2S/c1-3-4-5-6-7-8-9-10-11-12-13-19-16-21(25-17-19)20(14-15-23)22-18(2)24/h16-17,20,23H,3-11,14-15H2,1-2H3,(H,22,24). The Kier molecular flexibility index (Phi) is 12.1. The number of carbonyl (C=O) groups excluding carboxylic acids is 1. The van der Waals surface area contributed by atoms with E-state index in [0.717, 1.165) is 16.9 Å². The topological polar surface area (TPSA) is 49.3 Å². The fraction of sp³-hybridized carbons (Fsp3) is 0.667. The number of carbonyl (C=O) groups is 1. The van der Waals surface area contributed by atoms with E-state index < -0.39 is 0 Å². The van der Waals surface area contributed by atoms with Crippen LogP contribution >= 0.6 is 11.3 Å². The average Bonchev–Trinajstić information content (AvgIpc) is 3.04. The quantitative estimate of drug-likeness (QED) is 0.396. The third kappa shape index (κ3) is 10.3. The summed E-state index contributed by atoms with van der Waals surface area (Å²) in [5, 5.41) is 14.1. The molecule has 1 unspecified atom stereocenters. The van der Waals surface area contributed by atoms with Gasteiger partial charge in [0.1, 0.15) is 0 Å². The molecule has 0 aliphatic heterocycles. The molecule has 25 heavy (non-hydrogen) atoms. The highest BCUT2D eigenvalue weighted by Crippen LogP contribution is 2.24. The van der Waals surface area contributed by atoms with Crippen molar-refractivity contribution in [1.82, 2.24) is 5.32 Å². The predicted octanol–water partition coefficient (Wildman–Crippen LogP) is 5.19. The van der Waals surface area contributed by atoms with Gasteiger partial charge in [-0.15, -0.1) is 11.3 Å². The highest BCUT2D eigenvalue weighted by molar-refractivity contribution is 7.10. The number of hydrogen-bond acceptors (Lipinski definition) is 3. The molecule has 1 aromatic heterocycles. The predicted molar refractivity (Wildman–Crippen MR) is 107 cm³/mol. The maximum atomic E-state index is 11.3. The van der Waals surface area contributed by atoms with Crippen molar-refractivity contribution >= 4 is 17.2 Å². The van der Waals surface area contributed by atoms with Gasteiger partial charge in [0.25, 0.3) is 0 Å². The Hall–Kier alpha value is -1.31. The molecule has 0 saturated carbocycles. The Bertz CT molecular complexity index is 542. The number of thiophene rings is 1. The third-order valence-electron chi connectivity index (χ3n) is 4.15. The van der Waals surface area contributed by atoms with Crippen molar-refractivity contribution in [3.05, 3.63) is 21.9 Å². The monoisotopic (exact) mass is 363 g/mol. The van der Waals surface area contributed by atoms with Crippen molar-refractivity contribution in [2.24, 2.45) is 0 Å². The molecule has 0 bridgehead atoms. The van der Waals surface area contributed by atoms with Crippen LogP contribution in [-0.2, 0) is 4.79 Å². The first-order chi connectivity index (χ1) is 12.2. The van der Waals surface area contributed by atoms with Crippen LogP contribution < -0.4 is 5.32 Å². The van der Waals surface area contributed by atoms with Gasteiger partial charge < -0.3 is 10.4 Å². The van der Waals surface area contributed by atoms with Crippen LogP contribution in [0, 0.1) is 11.8 Å². The molecule has 1 heterocycles. The first-order valence-electron chi connectivity index (χ1n) is 9.62. The zero-order valence-corrected chi connectivity index (χ0v) is 16.6. The van der Waals surface area contributed by atoms with Crippen LogP contribution in [0.3, 0.4) is 0 Å². The molecule has 0 aliphatic rings. The molecule has 0 spiro atoms. The summed E-state index contributed by atoms with van der Waals surface area (Å²) in [6, 6.07) is 1.91. The molecule has 0 fully saturated rings. The van der Waals surface area contributed by atoms with Crippen LogP contribution in [0.4, 0.5) is 0 Å². The Balaban J connectivity index is 2.28. The van der Waals surface area contributed by atoms with Gasteiger partial charge in [0.15, 0.2) is 0 Å². The van der Waals surface area contributed by atoms with Gasteiger partial charge in [-0.05, 0) is 18.9 Å². The first-order valence-corrected chi connectivity index (χ1v) is 10.5. The van der Waals surface area contributed by atoms with Gasteiger partial charge >= 0.3 is 0 Å². The fourth-order valence-corrected chi connectivity index (χ4v) is 3.70. The second kappa shape index (κ2) is 13.9. The van der Waals surface area contributed by atoms with E-state index >= 15 is 0 Å². The molecule has 0 radical (unpaired) electrons. The normalized spacial score (nSPS) is 11.6. The molecule has 0 aromatic carbocycles. The molecule has 0 aliphatic carbocycles. The minimum Gasteiger partial charge on any atom is -0.396 e. The van der Waals surface area contributed by atoms with Crippen LogP contribution in [0.2, 0.25) is 0 Å². The summed E-state index contributed by atoms with van der Waals surface area (Å²) >= 11 is 1.59. The summed E-state index contributed by atoms with van der Waals surface area (Å²) in [5.41, 5.74) is 1.01. The lowest BCUT2D eigenvalue weighted by Crippen LogP contribution is -2.26. The zero-order valence-electron chi connectivity index (χ0n) is 15.8. The number of rotatable bonds is 12. The van der Waals surface area contributed by atoms with E-state index in [9.17, 15) is 4.79 Å². The van der Waals surface area contributed by atoms with Crippen LogP contribution in [0.5, 0.6) is 0 Å². The van der Waals surface area contributed by atoms with Crippen LogP contribution in [0.15, 0.2) is 11.4 Å². The van der Waals surface area contributed by atoms with Crippen LogP contribution in [0.1, 0.15) is 94.5 Å². The second-order valence-electron chi connectivity index (χ2n) is 6.53. The number of hydrogen-bond donors (Lipinski definition) is 2. The zero-order chi connectivity index (χ0) is 18.3. The Morgan fingerprint density at radius 3 is 2.52 bits per heavy atom. The molecular formula is C21H33NO2S. The summed E-state index contributed by atoms with van der Waals surface area (Å²) in [6.45, 7) is 3.81. The second-order valence-corrected chi connectivity index (χ2v) is 7.47. The van der Waals surface area contributed by atoms with E-state index in [-0.39, 0.29) is 18.6 Å². The van der Waals surface area contributed by atoms with E-state index in [4.69, 9.17) is 5.11 Å².